The summed E-state index contributed by atoms with van der Waals surface area (Å²) in [6.45, 7) is 0.471. The highest BCUT2D eigenvalue weighted by molar-refractivity contribution is 7.99. The fraction of sp³-hybridized carbons (Fsp3) is 0.333. The number of nitrogens with zero attached hydrogens (tertiary/aromatic N) is 4. The molecule has 0 radical (unpaired) electrons. The normalized spacial score (nSPS) is 10.6. The molecule has 0 aliphatic heterocycles. The molecule has 2 aromatic rings. The number of thioether (sulfide) groups is 1. The maximum Gasteiger partial charge on any atom is 0.218 e. The Balaban J connectivity index is 1.94. The van der Waals surface area contributed by atoms with Gasteiger partial charge in [0, 0.05) is 12.2 Å². The lowest BCUT2D eigenvalue weighted by Gasteiger charge is -2.01. The number of amides is 1. The van der Waals surface area contributed by atoms with Gasteiger partial charge in [-0.15, -0.1) is 5.10 Å². The van der Waals surface area contributed by atoms with Crippen LogP contribution in [0.1, 0.15) is 12.2 Å². The maximum atomic E-state index is 10.6. The smallest absolute Gasteiger partial charge is 0.218 e. The fourth-order valence-electron chi connectivity index (χ4n) is 1.19. The third-order valence-electron chi connectivity index (χ3n) is 1.96. The molecule has 17 heavy (non-hydrogen) atoms. The molecule has 90 valence electrons. The van der Waals surface area contributed by atoms with Crippen LogP contribution in [0.5, 0.6) is 0 Å². The van der Waals surface area contributed by atoms with Crippen molar-refractivity contribution in [2.24, 2.45) is 5.73 Å². The molecule has 0 aliphatic rings. The lowest BCUT2D eigenvalue weighted by Crippen LogP contribution is -2.11. The molecule has 2 N–H and O–H groups in total. The summed E-state index contributed by atoms with van der Waals surface area (Å²) in [5, 5.41) is 11.9. The van der Waals surface area contributed by atoms with E-state index < -0.39 is 0 Å². The third kappa shape index (κ3) is 3.31. The fourth-order valence-corrected chi connectivity index (χ4v) is 2.02. The SMILES string of the molecule is NC(=O)CCSc1nnnn1Cc1ccco1. The van der Waals surface area contributed by atoms with Gasteiger partial charge in [0.2, 0.25) is 11.1 Å². The molecule has 7 nitrogen and oxygen atoms in total. The maximum absolute atomic E-state index is 10.6. The van der Waals surface area contributed by atoms with E-state index in [1.807, 2.05) is 6.07 Å². The Kier molecular flexibility index (Phi) is 3.76. The van der Waals surface area contributed by atoms with E-state index in [-0.39, 0.29) is 5.91 Å². The predicted octanol–water partition coefficient (Wildman–Crippen LogP) is 0.282. The van der Waals surface area contributed by atoms with E-state index in [0.29, 0.717) is 23.9 Å². The minimum atomic E-state index is -0.331. The molecular weight excluding hydrogens is 242 g/mol. The van der Waals surface area contributed by atoms with E-state index in [2.05, 4.69) is 15.5 Å². The summed E-state index contributed by atoms with van der Waals surface area (Å²) >= 11 is 1.39. The number of rotatable bonds is 6. The largest absolute Gasteiger partial charge is 0.467 e. The van der Waals surface area contributed by atoms with Gasteiger partial charge in [0.25, 0.3) is 0 Å². The molecule has 0 aromatic carbocycles. The Hall–Kier alpha value is -1.83. The van der Waals surface area contributed by atoms with E-state index in [1.54, 1.807) is 17.0 Å². The third-order valence-corrected chi connectivity index (χ3v) is 2.92. The molecule has 0 saturated heterocycles. The molecule has 0 spiro atoms. The lowest BCUT2D eigenvalue weighted by atomic mass is 10.4. The zero-order valence-electron chi connectivity index (χ0n) is 8.94. The number of aromatic nitrogens is 4. The number of furan rings is 1. The zero-order valence-corrected chi connectivity index (χ0v) is 9.76. The van der Waals surface area contributed by atoms with Crippen molar-refractivity contribution in [3.63, 3.8) is 0 Å². The van der Waals surface area contributed by atoms with Crippen molar-refractivity contribution in [1.29, 1.82) is 0 Å². The van der Waals surface area contributed by atoms with E-state index in [0.717, 1.165) is 5.76 Å². The Bertz CT molecular complexity index is 481. The Morgan fingerprint density at radius 2 is 2.47 bits per heavy atom. The van der Waals surface area contributed by atoms with Gasteiger partial charge in [-0.1, -0.05) is 11.8 Å². The van der Waals surface area contributed by atoms with Crippen LogP contribution in [-0.4, -0.2) is 31.9 Å². The summed E-state index contributed by atoms with van der Waals surface area (Å²) in [5.41, 5.74) is 5.05. The highest BCUT2D eigenvalue weighted by Gasteiger charge is 2.09. The average Bonchev–Trinajstić information content (AvgIpc) is 2.91. The van der Waals surface area contributed by atoms with Gasteiger partial charge in [0.15, 0.2) is 0 Å². The second-order valence-electron chi connectivity index (χ2n) is 3.26. The first-order valence-electron chi connectivity index (χ1n) is 4.95. The van der Waals surface area contributed by atoms with Gasteiger partial charge in [-0.25, -0.2) is 4.68 Å². The van der Waals surface area contributed by atoms with Crippen molar-refractivity contribution in [1.82, 2.24) is 20.2 Å². The molecule has 2 aromatic heterocycles. The first kappa shape index (κ1) is 11.6. The number of hydrogen-bond acceptors (Lipinski definition) is 6. The van der Waals surface area contributed by atoms with E-state index in [9.17, 15) is 4.79 Å². The van der Waals surface area contributed by atoms with Gasteiger partial charge in [-0.05, 0) is 22.6 Å². The van der Waals surface area contributed by atoms with Crippen LogP contribution in [0, 0.1) is 0 Å². The molecule has 0 fully saturated rings. The average molecular weight is 253 g/mol. The number of hydrogen-bond donors (Lipinski definition) is 1. The highest BCUT2D eigenvalue weighted by atomic mass is 32.2. The summed E-state index contributed by atoms with van der Waals surface area (Å²) in [4.78, 5) is 10.6. The van der Waals surface area contributed by atoms with Gasteiger partial charge >= 0.3 is 0 Å². The van der Waals surface area contributed by atoms with E-state index in [4.69, 9.17) is 10.2 Å². The molecule has 0 unspecified atom stereocenters. The van der Waals surface area contributed by atoms with Crippen LogP contribution in [0.15, 0.2) is 28.0 Å². The van der Waals surface area contributed by atoms with Crippen LogP contribution in [0.3, 0.4) is 0 Å². The number of primary amides is 1. The number of carbonyl (C=O) groups excluding carboxylic acids is 1. The Labute approximate surface area is 101 Å². The van der Waals surface area contributed by atoms with Gasteiger partial charge in [-0.2, -0.15) is 0 Å². The van der Waals surface area contributed by atoms with E-state index in [1.165, 1.54) is 11.8 Å². The van der Waals surface area contributed by atoms with E-state index >= 15 is 0 Å². The van der Waals surface area contributed by atoms with Crippen molar-refractivity contribution in [3.05, 3.63) is 24.2 Å². The molecule has 0 aliphatic carbocycles. The van der Waals surface area contributed by atoms with Crippen LogP contribution >= 0.6 is 11.8 Å². The summed E-state index contributed by atoms with van der Waals surface area (Å²) in [6, 6.07) is 3.65. The Morgan fingerprint density at radius 3 is 3.18 bits per heavy atom. The van der Waals surface area contributed by atoms with Crippen LogP contribution < -0.4 is 5.73 Å². The molecule has 1 amide bonds. The van der Waals surface area contributed by atoms with Crippen molar-refractivity contribution in [2.45, 2.75) is 18.1 Å². The first-order chi connectivity index (χ1) is 8.25. The summed E-state index contributed by atoms with van der Waals surface area (Å²) in [7, 11) is 0. The highest BCUT2D eigenvalue weighted by Crippen LogP contribution is 2.15. The molecule has 0 atom stereocenters. The number of nitrogens with two attached hydrogens (primary N) is 1. The minimum absolute atomic E-state index is 0.304. The van der Waals surface area contributed by atoms with Gasteiger partial charge in [0.1, 0.15) is 12.3 Å². The molecular formula is C9H11N5O2S. The van der Waals surface area contributed by atoms with Crippen molar-refractivity contribution in [2.75, 3.05) is 5.75 Å². The molecule has 2 rings (SSSR count). The molecule has 0 bridgehead atoms. The van der Waals surface area contributed by atoms with Gasteiger partial charge < -0.3 is 10.2 Å². The van der Waals surface area contributed by atoms with Crippen LogP contribution in [0.25, 0.3) is 0 Å². The summed E-state index contributed by atoms with van der Waals surface area (Å²) < 4.78 is 6.82. The molecule has 2 heterocycles. The first-order valence-corrected chi connectivity index (χ1v) is 5.94. The second kappa shape index (κ2) is 5.48. The number of carbonyl (C=O) groups is 1. The minimum Gasteiger partial charge on any atom is -0.467 e. The second-order valence-corrected chi connectivity index (χ2v) is 4.33. The molecule has 0 saturated carbocycles. The summed E-state index contributed by atoms with van der Waals surface area (Å²) in [6.07, 6.45) is 1.90. The van der Waals surface area contributed by atoms with Crippen LogP contribution in [0.4, 0.5) is 0 Å². The monoisotopic (exact) mass is 253 g/mol. The van der Waals surface area contributed by atoms with Crippen LogP contribution in [-0.2, 0) is 11.3 Å². The van der Waals surface area contributed by atoms with Crippen LogP contribution in [0.2, 0.25) is 0 Å². The quantitative estimate of drug-likeness (QED) is 0.742. The topological polar surface area (TPSA) is 99.8 Å². The van der Waals surface area contributed by atoms with Gasteiger partial charge in [0.05, 0.1) is 6.26 Å². The zero-order chi connectivity index (χ0) is 12.1. The molecule has 8 heteroatoms. The lowest BCUT2D eigenvalue weighted by molar-refractivity contribution is -0.117. The van der Waals surface area contributed by atoms with Crippen molar-refractivity contribution < 1.29 is 9.21 Å². The number of tetrazole rings is 1. The van der Waals surface area contributed by atoms with Gasteiger partial charge in [-0.3, -0.25) is 4.79 Å². The van der Waals surface area contributed by atoms with Crippen molar-refractivity contribution in [3.8, 4) is 0 Å². The standard InChI is InChI=1S/C9H11N5O2S/c10-8(15)3-5-17-9-11-12-13-14(9)6-7-2-1-4-16-7/h1-2,4H,3,5-6H2,(H2,10,15). The predicted molar refractivity (Wildman–Crippen MR) is 60.2 cm³/mol. The Morgan fingerprint density at radius 1 is 1.59 bits per heavy atom. The summed E-state index contributed by atoms with van der Waals surface area (Å²) in [5.74, 6) is 1.00. The van der Waals surface area contributed by atoms with Crippen molar-refractivity contribution >= 4 is 17.7 Å².